The Morgan fingerprint density at radius 1 is 0.451 bits per heavy atom. The van der Waals surface area contributed by atoms with Crippen LogP contribution in [0.5, 0.6) is 0 Å². The molecule has 2 aromatic rings. The van der Waals surface area contributed by atoms with Crippen molar-refractivity contribution in [3.05, 3.63) is 43.7 Å². The van der Waals surface area contributed by atoms with Crippen LogP contribution in [0.15, 0.2) is 0 Å². The van der Waals surface area contributed by atoms with Crippen molar-refractivity contribution in [2.75, 3.05) is 92.3 Å². The smallest absolute Gasteiger partial charge is 0.303 e. The summed E-state index contributed by atoms with van der Waals surface area (Å²) in [4.78, 5) is 77.4. The van der Waals surface area contributed by atoms with Crippen molar-refractivity contribution in [2.24, 2.45) is 0 Å². The number of amides is 4. The number of hydrogen-bond acceptors (Lipinski definition) is 16. The molecule has 0 aliphatic rings. The van der Waals surface area contributed by atoms with Crippen molar-refractivity contribution < 1.29 is 79.8 Å². The van der Waals surface area contributed by atoms with Gasteiger partial charge in [0.2, 0.25) is 0 Å². The fourth-order valence-corrected chi connectivity index (χ4v) is 17.0. The molecule has 4 atom stereocenters. The molecular weight excluding hydrogens is 1630 g/mol. The van der Waals surface area contributed by atoms with Crippen molar-refractivity contribution >= 4 is 191 Å². The maximum atomic E-state index is 12.9. The number of carbonyl (C=O) groups excluding carboxylic acids is 4. The Hall–Kier alpha value is -0.863. The van der Waals surface area contributed by atoms with Crippen LogP contribution in [0.1, 0.15) is 67.1 Å². The lowest BCUT2D eigenvalue weighted by molar-refractivity contribution is -0.138. The van der Waals surface area contributed by atoms with Gasteiger partial charge in [0.05, 0.1) is 98.8 Å². The number of hydrogen-bond donors (Lipinski definition) is 12. The Morgan fingerprint density at radius 3 is 0.817 bits per heavy atom. The molecule has 4 unspecified atom stereocenters. The lowest BCUT2D eigenvalue weighted by Gasteiger charge is -2.25. The number of carboxylic acid groups (broad SMARTS) is 2. The summed E-state index contributed by atoms with van der Waals surface area (Å²) in [5.41, 5.74) is 13.8. The number of rotatable bonds is 24. The average molecular weight is 1700 g/mol. The minimum atomic E-state index is -1.36. The molecule has 0 saturated carbocycles. The SMILES string of the molecule is CN(CC(O)CO)C(=O)c1c(I)c(N)c(I)c(C(=O)N(C)CC(O)CO)c1I.CN(CC(O)CO)C(=O)c1c(I)c(N)c(I)c(C(=O)N(C)CC(O)CO)c1I.C[Si](C)(CCCC(=O)O)CCCC(=O)O. The Bertz CT molecular complexity index is 1910. The second-order valence-electron chi connectivity index (χ2n) is 17.0. The number of anilines is 2. The lowest BCUT2D eigenvalue weighted by Crippen LogP contribution is -2.38. The third kappa shape index (κ3) is 22.7. The van der Waals surface area contributed by atoms with E-state index in [9.17, 15) is 49.2 Å². The minimum absolute atomic E-state index is 0.0841. The van der Waals surface area contributed by atoms with Crippen LogP contribution in [0.2, 0.25) is 25.2 Å². The van der Waals surface area contributed by atoms with Gasteiger partial charge < -0.3 is 82.1 Å². The number of likely N-dealkylation sites (N-methyl/N-ethyl adjacent to an activating group) is 4. The highest BCUT2D eigenvalue weighted by Crippen LogP contribution is 2.36. The zero-order valence-corrected chi connectivity index (χ0v) is 53.8. The molecule has 14 N–H and O–H groups in total. The van der Waals surface area contributed by atoms with Gasteiger partial charge in [-0.1, -0.05) is 25.2 Å². The summed E-state index contributed by atoms with van der Waals surface area (Å²) >= 11 is 11.6. The van der Waals surface area contributed by atoms with Crippen LogP contribution < -0.4 is 11.5 Å². The van der Waals surface area contributed by atoms with Crippen LogP contribution in [-0.2, 0) is 9.59 Å². The predicted molar refractivity (Wildman–Crippen MR) is 319 cm³/mol. The van der Waals surface area contributed by atoms with Crippen LogP contribution in [0, 0.1) is 21.4 Å². The first-order valence-electron chi connectivity index (χ1n) is 21.3. The predicted octanol–water partition coefficient (Wildman–Crippen LogP) is 2.29. The summed E-state index contributed by atoms with van der Waals surface area (Å²) < 4.78 is 2.72. The Morgan fingerprint density at radius 2 is 0.648 bits per heavy atom. The minimum Gasteiger partial charge on any atom is -0.481 e. The molecule has 4 amide bonds. The van der Waals surface area contributed by atoms with E-state index in [0.29, 0.717) is 21.4 Å². The normalized spacial score (nSPS) is 12.8. The van der Waals surface area contributed by atoms with Crippen molar-refractivity contribution in [1.29, 1.82) is 0 Å². The van der Waals surface area contributed by atoms with Gasteiger partial charge in [-0.25, -0.2) is 0 Å². The van der Waals surface area contributed by atoms with Crippen molar-refractivity contribution in [3.63, 3.8) is 0 Å². The average Bonchev–Trinajstić information content (AvgIpc) is 3.29. The maximum Gasteiger partial charge on any atom is 0.303 e. The molecule has 0 radical (unpaired) electrons. The van der Waals surface area contributed by atoms with Crippen LogP contribution in [0.3, 0.4) is 0 Å². The van der Waals surface area contributed by atoms with Gasteiger partial charge in [0.1, 0.15) is 0 Å². The first-order valence-corrected chi connectivity index (χ1v) is 31.2. The van der Waals surface area contributed by atoms with Gasteiger partial charge in [0.15, 0.2) is 0 Å². The number of nitrogen functional groups attached to an aromatic ring is 2. The number of aliphatic hydroxyl groups is 8. The molecular formula is C42H64I6N6O16Si. The molecule has 0 fully saturated rings. The number of aliphatic carboxylic acids is 2. The van der Waals surface area contributed by atoms with E-state index in [4.69, 9.17) is 42.1 Å². The van der Waals surface area contributed by atoms with Crippen LogP contribution in [0.4, 0.5) is 11.4 Å². The monoisotopic (exact) mass is 1700 g/mol. The van der Waals surface area contributed by atoms with E-state index >= 15 is 0 Å². The number of nitrogens with two attached hydrogens (primary N) is 2. The number of carbonyl (C=O) groups is 6. The zero-order chi connectivity index (χ0) is 55.4. The van der Waals surface area contributed by atoms with E-state index in [0.717, 1.165) is 24.9 Å². The van der Waals surface area contributed by atoms with Gasteiger partial charge in [-0.3, -0.25) is 28.8 Å². The van der Waals surface area contributed by atoms with Gasteiger partial charge >= 0.3 is 11.9 Å². The number of benzene rings is 2. The van der Waals surface area contributed by atoms with Crippen LogP contribution >= 0.6 is 136 Å². The molecule has 0 bridgehead atoms. The number of halogens is 6. The number of nitrogens with zero attached hydrogens (tertiary/aromatic N) is 4. The molecule has 0 aromatic heterocycles. The standard InChI is InChI=1S/2C16H22I3N3O6.C10H20O4Si/c2*1-21(3-7(25)5-23)15(27)9-11(17)10(13(19)14(20)12(9)18)16(28)22(2)4-8(26)6-24;1-15(2,7-3-5-9(11)12)8-4-6-10(13)14/h2*7-8,23-26H,3-6,20H2,1-2H3;3-8H2,1-2H3,(H,11,12)(H,13,14). The highest BCUT2D eigenvalue weighted by Gasteiger charge is 2.32. The molecule has 22 nitrogen and oxygen atoms in total. The summed E-state index contributed by atoms with van der Waals surface area (Å²) in [6.45, 7) is 2.11. The molecule has 2 rings (SSSR count). The topological polar surface area (TPSA) is 370 Å². The number of aliphatic hydroxyl groups excluding tert-OH is 8. The van der Waals surface area contributed by atoms with E-state index in [1.54, 1.807) is 0 Å². The molecule has 71 heavy (non-hydrogen) atoms. The third-order valence-electron chi connectivity index (χ3n) is 10.2. The van der Waals surface area contributed by atoms with E-state index in [1.165, 1.54) is 47.8 Å². The zero-order valence-electron chi connectivity index (χ0n) is 39.8. The molecule has 2 aromatic carbocycles. The van der Waals surface area contributed by atoms with Gasteiger partial charge in [-0.15, -0.1) is 0 Å². The molecule has 29 heteroatoms. The quantitative estimate of drug-likeness (QED) is 0.0407. The molecule has 0 aliphatic heterocycles. The molecule has 404 valence electrons. The summed E-state index contributed by atoms with van der Waals surface area (Å²) in [5, 5.41) is 91.4. The second-order valence-corrected chi connectivity index (χ2v) is 28.8. The van der Waals surface area contributed by atoms with Crippen LogP contribution in [-0.4, -0.2) is 220 Å². The van der Waals surface area contributed by atoms with Gasteiger partial charge in [0, 0.05) is 82.4 Å². The summed E-state index contributed by atoms with van der Waals surface area (Å²) in [5.74, 6) is -3.28. The molecule has 0 aliphatic carbocycles. The Balaban J connectivity index is 0.00000109. The molecule has 0 spiro atoms. The van der Waals surface area contributed by atoms with Crippen molar-refractivity contribution in [3.8, 4) is 0 Å². The highest BCUT2D eigenvalue weighted by molar-refractivity contribution is 14.1. The van der Waals surface area contributed by atoms with E-state index in [-0.39, 0.29) is 72.6 Å². The summed E-state index contributed by atoms with van der Waals surface area (Å²) in [6, 6.07) is 1.94. The lowest BCUT2D eigenvalue weighted by atomic mass is 10.1. The largest absolute Gasteiger partial charge is 0.481 e. The van der Waals surface area contributed by atoms with Crippen LogP contribution in [0.25, 0.3) is 0 Å². The highest BCUT2D eigenvalue weighted by atomic mass is 127. The fourth-order valence-electron chi connectivity index (χ4n) is 6.27. The summed E-state index contributed by atoms with van der Waals surface area (Å²) in [7, 11) is 4.55. The molecule has 0 heterocycles. The van der Waals surface area contributed by atoms with E-state index in [2.05, 4.69) is 13.1 Å². The maximum absolute atomic E-state index is 12.9. The van der Waals surface area contributed by atoms with Crippen molar-refractivity contribution in [2.45, 2.75) is 75.3 Å². The van der Waals surface area contributed by atoms with Gasteiger partial charge in [-0.05, 0) is 148 Å². The summed E-state index contributed by atoms with van der Waals surface area (Å²) in [6.07, 6.45) is -2.43. The van der Waals surface area contributed by atoms with Gasteiger partial charge in [0.25, 0.3) is 23.6 Å². The van der Waals surface area contributed by atoms with E-state index in [1.807, 2.05) is 136 Å². The van der Waals surface area contributed by atoms with E-state index < -0.39 is 94.5 Å². The fraction of sp³-hybridized carbons (Fsp3) is 0.571. The first-order chi connectivity index (χ1) is 32.8. The molecule has 0 saturated heterocycles. The first kappa shape index (κ1) is 70.1. The third-order valence-corrected chi connectivity index (χ3v) is 20.3. The second kappa shape index (κ2) is 34.0. The Kier molecular flexibility index (Phi) is 33.6. The van der Waals surface area contributed by atoms with Crippen molar-refractivity contribution in [1.82, 2.24) is 19.6 Å². The Labute approximate surface area is 495 Å². The number of carboxylic acids is 2. The van der Waals surface area contributed by atoms with Gasteiger partial charge in [-0.2, -0.15) is 0 Å².